The Labute approximate surface area is 220 Å². The van der Waals surface area contributed by atoms with Crippen molar-refractivity contribution >= 4 is 11.8 Å². The average Bonchev–Trinajstić information content (AvgIpc) is 2.89. The highest BCUT2D eigenvalue weighted by Gasteiger charge is 2.16. The van der Waals surface area contributed by atoms with Gasteiger partial charge in [-0.2, -0.15) is 0 Å². The number of unbranched alkanes of at least 4 members (excludes halogenated alkanes) is 8. The molecule has 0 aromatic rings. The van der Waals surface area contributed by atoms with Gasteiger partial charge in [0.25, 0.3) is 5.91 Å². The summed E-state index contributed by atoms with van der Waals surface area (Å²) in [6.07, 6.45) is 14.1. The number of amides is 2. The van der Waals surface area contributed by atoms with Gasteiger partial charge >= 0.3 is 0 Å². The molecule has 200 valence electrons. The SMILES string of the molecule is CC#CC#CC#CC(=O)NCCCN1CCN(CCCNC(=O)CCCCCCCCCCC)CC1. The molecule has 2 N–H and O–H groups in total. The van der Waals surface area contributed by atoms with Crippen LogP contribution >= 0.6 is 0 Å². The van der Waals surface area contributed by atoms with E-state index >= 15 is 0 Å². The fourth-order valence-corrected chi connectivity index (χ4v) is 4.21. The van der Waals surface area contributed by atoms with E-state index in [1.54, 1.807) is 6.92 Å². The third-order valence-corrected chi connectivity index (χ3v) is 6.37. The van der Waals surface area contributed by atoms with Gasteiger partial charge < -0.3 is 20.4 Å². The van der Waals surface area contributed by atoms with Crippen molar-refractivity contribution in [2.75, 3.05) is 52.4 Å². The molecule has 0 radical (unpaired) electrons. The van der Waals surface area contributed by atoms with Crippen molar-refractivity contribution in [1.82, 2.24) is 20.4 Å². The van der Waals surface area contributed by atoms with Gasteiger partial charge in [-0.05, 0) is 63.0 Å². The molecule has 0 aromatic carbocycles. The van der Waals surface area contributed by atoms with Gasteiger partial charge in [0, 0.05) is 51.6 Å². The summed E-state index contributed by atoms with van der Waals surface area (Å²) < 4.78 is 0. The Morgan fingerprint density at radius 3 is 1.78 bits per heavy atom. The summed E-state index contributed by atoms with van der Waals surface area (Å²) in [5, 5.41) is 5.90. The Balaban J connectivity index is 1.94. The molecule has 1 aliphatic rings. The minimum atomic E-state index is -0.293. The second kappa shape index (κ2) is 23.0. The molecule has 1 aliphatic heterocycles. The summed E-state index contributed by atoms with van der Waals surface area (Å²) >= 11 is 0. The Morgan fingerprint density at radius 1 is 0.667 bits per heavy atom. The van der Waals surface area contributed by atoms with Crippen molar-refractivity contribution in [3.8, 4) is 35.5 Å². The molecular weight excluding hydrogens is 448 g/mol. The maximum absolute atomic E-state index is 12.0. The number of nitrogens with one attached hydrogen (secondary N) is 2. The zero-order chi connectivity index (χ0) is 26.1. The molecule has 36 heavy (non-hydrogen) atoms. The third kappa shape index (κ3) is 18.8. The standard InChI is InChI=1S/C30H48N4O2/c1-3-5-7-9-10-11-12-14-16-20-30(36)32-22-18-24-34-27-25-33(26-28-34)23-17-21-31-29(35)19-15-13-8-6-4-2/h3,5,7,9-12,14,16-18,20-28H2,1-2H3,(H,31,35)(H,32,36). The van der Waals surface area contributed by atoms with Crippen LogP contribution in [0, 0.1) is 35.5 Å². The van der Waals surface area contributed by atoms with Crippen LogP contribution in [0.2, 0.25) is 0 Å². The number of hydrogen-bond acceptors (Lipinski definition) is 4. The van der Waals surface area contributed by atoms with Crippen LogP contribution in [0.1, 0.15) is 90.9 Å². The van der Waals surface area contributed by atoms with Gasteiger partial charge in [0.1, 0.15) is 0 Å². The van der Waals surface area contributed by atoms with E-state index in [2.05, 4.69) is 62.9 Å². The van der Waals surface area contributed by atoms with E-state index in [0.717, 1.165) is 65.1 Å². The van der Waals surface area contributed by atoms with Crippen LogP contribution in [0.25, 0.3) is 0 Å². The number of piperazine rings is 1. The van der Waals surface area contributed by atoms with Gasteiger partial charge in [-0.25, -0.2) is 0 Å². The van der Waals surface area contributed by atoms with E-state index < -0.39 is 0 Å². The first-order valence-corrected chi connectivity index (χ1v) is 14.1. The summed E-state index contributed by atoms with van der Waals surface area (Å²) in [5.41, 5.74) is 0. The fourth-order valence-electron chi connectivity index (χ4n) is 4.21. The predicted octanol–water partition coefficient (Wildman–Crippen LogP) is 3.57. The average molecular weight is 497 g/mol. The number of rotatable bonds is 18. The second-order valence-corrected chi connectivity index (χ2v) is 9.45. The van der Waals surface area contributed by atoms with Crippen molar-refractivity contribution < 1.29 is 9.59 Å². The van der Waals surface area contributed by atoms with Gasteiger partial charge in [-0.15, -0.1) is 0 Å². The van der Waals surface area contributed by atoms with Crippen LogP contribution in [-0.4, -0.2) is 74.0 Å². The lowest BCUT2D eigenvalue weighted by Gasteiger charge is -2.34. The molecular formula is C30H48N4O2. The topological polar surface area (TPSA) is 64.7 Å². The molecule has 0 unspecified atom stereocenters. The van der Waals surface area contributed by atoms with Gasteiger partial charge in [0.15, 0.2) is 0 Å². The number of carbonyl (C=O) groups excluding carboxylic acids is 2. The maximum atomic E-state index is 12.0. The molecule has 1 heterocycles. The Kier molecular flexibility index (Phi) is 20.1. The highest BCUT2D eigenvalue weighted by molar-refractivity contribution is 5.94. The first-order chi connectivity index (χ1) is 17.7. The van der Waals surface area contributed by atoms with Crippen LogP contribution < -0.4 is 10.6 Å². The van der Waals surface area contributed by atoms with Gasteiger partial charge in [-0.3, -0.25) is 9.59 Å². The molecule has 0 atom stereocenters. The maximum Gasteiger partial charge on any atom is 0.296 e. The minimum Gasteiger partial charge on any atom is -0.356 e. The molecule has 0 bridgehead atoms. The number of nitrogens with zero attached hydrogens (tertiary/aromatic N) is 2. The first-order valence-electron chi connectivity index (χ1n) is 14.1. The lowest BCUT2D eigenvalue weighted by Crippen LogP contribution is -2.47. The summed E-state index contributed by atoms with van der Waals surface area (Å²) in [5.74, 6) is 15.2. The molecule has 0 aliphatic carbocycles. The summed E-state index contributed by atoms with van der Waals surface area (Å²) in [7, 11) is 0. The molecule has 1 saturated heterocycles. The normalized spacial score (nSPS) is 13.4. The molecule has 6 nitrogen and oxygen atoms in total. The van der Waals surface area contributed by atoms with Crippen molar-refractivity contribution in [1.29, 1.82) is 0 Å². The van der Waals surface area contributed by atoms with Crippen molar-refractivity contribution in [2.45, 2.75) is 90.9 Å². The van der Waals surface area contributed by atoms with E-state index in [4.69, 9.17) is 0 Å². The highest BCUT2D eigenvalue weighted by atomic mass is 16.2. The lowest BCUT2D eigenvalue weighted by molar-refractivity contribution is -0.121. The smallest absolute Gasteiger partial charge is 0.296 e. The first kappa shape index (κ1) is 31.6. The third-order valence-electron chi connectivity index (χ3n) is 6.37. The predicted molar refractivity (Wildman–Crippen MR) is 149 cm³/mol. The molecule has 0 aromatic heterocycles. The van der Waals surface area contributed by atoms with E-state index in [9.17, 15) is 9.59 Å². The number of carbonyl (C=O) groups is 2. The zero-order valence-corrected chi connectivity index (χ0v) is 22.9. The second-order valence-electron chi connectivity index (χ2n) is 9.45. The summed E-state index contributed by atoms with van der Waals surface area (Å²) in [6.45, 7) is 11.6. The van der Waals surface area contributed by atoms with E-state index in [1.165, 1.54) is 51.4 Å². The van der Waals surface area contributed by atoms with Gasteiger partial charge in [0.2, 0.25) is 5.91 Å². The van der Waals surface area contributed by atoms with Crippen LogP contribution in [-0.2, 0) is 9.59 Å². The van der Waals surface area contributed by atoms with Crippen molar-refractivity contribution in [3.05, 3.63) is 0 Å². The van der Waals surface area contributed by atoms with Crippen LogP contribution in [0.3, 0.4) is 0 Å². The molecule has 2 amide bonds. The van der Waals surface area contributed by atoms with Crippen LogP contribution in [0.5, 0.6) is 0 Å². The van der Waals surface area contributed by atoms with Crippen LogP contribution in [0.4, 0.5) is 0 Å². The largest absolute Gasteiger partial charge is 0.356 e. The van der Waals surface area contributed by atoms with Gasteiger partial charge in [0.05, 0.1) is 0 Å². The Hall–Kier alpha value is -2.46. The minimum absolute atomic E-state index is 0.208. The van der Waals surface area contributed by atoms with Crippen molar-refractivity contribution in [3.63, 3.8) is 0 Å². The monoisotopic (exact) mass is 496 g/mol. The zero-order valence-electron chi connectivity index (χ0n) is 22.9. The Bertz CT molecular complexity index is 783. The molecule has 0 saturated carbocycles. The number of hydrogen-bond donors (Lipinski definition) is 2. The molecule has 6 heteroatoms. The highest BCUT2D eigenvalue weighted by Crippen LogP contribution is 2.10. The Morgan fingerprint density at radius 2 is 1.19 bits per heavy atom. The molecule has 0 spiro atoms. The van der Waals surface area contributed by atoms with Gasteiger partial charge in [-0.1, -0.05) is 64.2 Å². The fraction of sp³-hybridized carbons (Fsp3) is 0.733. The van der Waals surface area contributed by atoms with E-state index in [0.29, 0.717) is 13.0 Å². The van der Waals surface area contributed by atoms with E-state index in [1.807, 2.05) is 0 Å². The summed E-state index contributed by atoms with van der Waals surface area (Å²) in [4.78, 5) is 28.6. The molecule has 1 fully saturated rings. The van der Waals surface area contributed by atoms with E-state index in [-0.39, 0.29) is 11.8 Å². The summed E-state index contributed by atoms with van der Waals surface area (Å²) in [6, 6.07) is 0. The lowest BCUT2D eigenvalue weighted by atomic mass is 10.1. The molecule has 1 rings (SSSR count). The quantitative estimate of drug-likeness (QED) is 0.225. The van der Waals surface area contributed by atoms with Crippen LogP contribution in [0.15, 0.2) is 0 Å². The van der Waals surface area contributed by atoms with Crippen molar-refractivity contribution in [2.24, 2.45) is 0 Å².